The molecule has 1 aromatic heterocycles. The quantitative estimate of drug-likeness (QED) is 0.213. The number of nitrogens with zero attached hydrogens (tertiary/aromatic N) is 1. The Morgan fingerprint density at radius 3 is 2.38 bits per heavy atom. The minimum Gasteiger partial charge on any atom is -0.482 e. The number of carboxylic acids is 1. The SMILES string of the molecule is Cc1cc(OC(c2cccc(C(F)(F)F)c2)c2cc(-c3cccc(OC(F)(F)F)c3)n[nH]2)ccc1OCC(=O)O. The maximum atomic E-state index is 13.5. The molecule has 1 heterocycles. The van der Waals surface area contributed by atoms with E-state index in [0.29, 0.717) is 5.56 Å². The van der Waals surface area contributed by atoms with Gasteiger partial charge in [-0.3, -0.25) is 5.10 Å². The van der Waals surface area contributed by atoms with Crippen LogP contribution in [0.15, 0.2) is 72.8 Å². The molecule has 0 amide bonds. The molecule has 4 rings (SSSR count). The molecule has 2 N–H and O–H groups in total. The van der Waals surface area contributed by atoms with E-state index in [1.807, 2.05) is 0 Å². The summed E-state index contributed by atoms with van der Waals surface area (Å²) in [4.78, 5) is 10.8. The van der Waals surface area contributed by atoms with Gasteiger partial charge in [0.25, 0.3) is 0 Å². The molecular formula is C27H20F6N2O5. The number of hydrogen-bond donors (Lipinski definition) is 2. The number of ether oxygens (including phenoxy) is 3. The van der Waals surface area contributed by atoms with Crippen LogP contribution in [0.5, 0.6) is 17.2 Å². The van der Waals surface area contributed by atoms with Crippen molar-refractivity contribution < 1.29 is 50.5 Å². The molecule has 0 bridgehead atoms. The van der Waals surface area contributed by atoms with E-state index < -0.39 is 42.5 Å². The number of rotatable bonds is 9. The number of carboxylic acid groups (broad SMARTS) is 1. The fourth-order valence-corrected chi connectivity index (χ4v) is 3.79. The predicted molar refractivity (Wildman–Crippen MR) is 129 cm³/mol. The summed E-state index contributed by atoms with van der Waals surface area (Å²) in [6.45, 7) is 1.06. The number of aryl methyl sites for hydroxylation is 1. The molecule has 40 heavy (non-hydrogen) atoms. The summed E-state index contributed by atoms with van der Waals surface area (Å²) < 4.78 is 93.6. The number of nitrogens with one attached hydrogen (secondary N) is 1. The van der Waals surface area contributed by atoms with E-state index in [9.17, 15) is 31.1 Å². The first kappa shape index (κ1) is 28.3. The molecule has 4 aromatic rings. The molecule has 1 atom stereocenters. The van der Waals surface area contributed by atoms with Crippen LogP contribution in [0.1, 0.15) is 28.5 Å². The number of H-pyrrole nitrogens is 1. The highest BCUT2D eigenvalue weighted by atomic mass is 19.4. The van der Waals surface area contributed by atoms with Gasteiger partial charge < -0.3 is 19.3 Å². The lowest BCUT2D eigenvalue weighted by atomic mass is 10.0. The second kappa shape index (κ2) is 11.2. The van der Waals surface area contributed by atoms with Crippen molar-refractivity contribution in [1.82, 2.24) is 10.2 Å². The highest BCUT2D eigenvalue weighted by Crippen LogP contribution is 2.36. The van der Waals surface area contributed by atoms with Gasteiger partial charge in [0.15, 0.2) is 12.7 Å². The summed E-state index contributed by atoms with van der Waals surface area (Å²) in [5.74, 6) is -1.15. The minimum atomic E-state index is -4.90. The summed E-state index contributed by atoms with van der Waals surface area (Å²) in [6.07, 6.45) is -10.7. The van der Waals surface area contributed by atoms with Gasteiger partial charge in [-0.2, -0.15) is 18.3 Å². The van der Waals surface area contributed by atoms with Gasteiger partial charge in [-0.05, 0) is 66.6 Å². The Balaban J connectivity index is 1.70. The van der Waals surface area contributed by atoms with Crippen LogP contribution >= 0.6 is 0 Å². The van der Waals surface area contributed by atoms with Crippen molar-refractivity contribution in [2.45, 2.75) is 25.6 Å². The number of benzene rings is 3. The van der Waals surface area contributed by atoms with Crippen LogP contribution in [0.4, 0.5) is 26.3 Å². The average molecular weight is 566 g/mol. The van der Waals surface area contributed by atoms with Crippen LogP contribution < -0.4 is 14.2 Å². The first-order chi connectivity index (χ1) is 18.8. The summed E-state index contributed by atoms with van der Waals surface area (Å²) in [5.41, 5.74) is 0.361. The van der Waals surface area contributed by atoms with Crippen molar-refractivity contribution in [2.75, 3.05) is 6.61 Å². The number of aromatic nitrogens is 2. The topological polar surface area (TPSA) is 93.7 Å². The molecule has 0 saturated carbocycles. The summed E-state index contributed by atoms with van der Waals surface area (Å²) in [6, 6.07) is 15.4. The zero-order valence-corrected chi connectivity index (χ0v) is 20.5. The Bertz CT molecular complexity index is 1500. The molecule has 0 spiro atoms. The number of halogens is 6. The van der Waals surface area contributed by atoms with Crippen LogP contribution in [0, 0.1) is 6.92 Å². The van der Waals surface area contributed by atoms with Crippen molar-refractivity contribution in [2.24, 2.45) is 0 Å². The smallest absolute Gasteiger partial charge is 0.482 e. The molecule has 7 nitrogen and oxygen atoms in total. The normalized spacial score (nSPS) is 12.6. The van der Waals surface area contributed by atoms with Crippen molar-refractivity contribution in [3.05, 3.63) is 95.2 Å². The van der Waals surface area contributed by atoms with E-state index >= 15 is 0 Å². The van der Waals surface area contributed by atoms with Gasteiger partial charge in [-0.25, -0.2) is 4.79 Å². The van der Waals surface area contributed by atoms with E-state index in [0.717, 1.165) is 24.3 Å². The van der Waals surface area contributed by atoms with E-state index in [4.69, 9.17) is 14.6 Å². The fraction of sp³-hybridized carbons (Fsp3) is 0.185. The molecule has 3 aromatic carbocycles. The van der Waals surface area contributed by atoms with Gasteiger partial charge in [0.2, 0.25) is 0 Å². The van der Waals surface area contributed by atoms with Crippen molar-refractivity contribution in [3.8, 4) is 28.5 Å². The molecule has 210 valence electrons. The van der Waals surface area contributed by atoms with E-state index in [2.05, 4.69) is 14.9 Å². The van der Waals surface area contributed by atoms with Crippen molar-refractivity contribution in [3.63, 3.8) is 0 Å². The number of alkyl halides is 6. The van der Waals surface area contributed by atoms with Crippen LogP contribution in [-0.4, -0.2) is 34.2 Å². The first-order valence-electron chi connectivity index (χ1n) is 11.5. The van der Waals surface area contributed by atoms with Crippen LogP contribution in [0.2, 0.25) is 0 Å². The van der Waals surface area contributed by atoms with Gasteiger partial charge in [-0.1, -0.05) is 24.3 Å². The van der Waals surface area contributed by atoms with Crippen LogP contribution in [-0.2, 0) is 11.0 Å². The Labute approximate surface area is 222 Å². The van der Waals surface area contributed by atoms with Gasteiger partial charge in [0.1, 0.15) is 17.2 Å². The maximum Gasteiger partial charge on any atom is 0.573 e. The first-order valence-corrected chi connectivity index (χ1v) is 11.5. The second-order valence-corrected chi connectivity index (χ2v) is 8.51. The summed E-state index contributed by atoms with van der Waals surface area (Å²) in [7, 11) is 0. The summed E-state index contributed by atoms with van der Waals surface area (Å²) >= 11 is 0. The monoisotopic (exact) mass is 566 g/mol. The van der Waals surface area contributed by atoms with Gasteiger partial charge in [-0.15, -0.1) is 13.2 Å². The Kier molecular flexibility index (Phi) is 7.93. The van der Waals surface area contributed by atoms with Gasteiger partial charge in [0.05, 0.1) is 17.0 Å². The van der Waals surface area contributed by atoms with Gasteiger partial charge in [0, 0.05) is 5.56 Å². The Morgan fingerprint density at radius 1 is 0.950 bits per heavy atom. The number of carbonyl (C=O) groups is 1. The Morgan fingerprint density at radius 2 is 1.70 bits per heavy atom. The van der Waals surface area contributed by atoms with E-state index in [-0.39, 0.29) is 34.0 Å². The summed E-state index contributed by atoms with van der Waals surface area (Å²) in [5, 5.41) is 15.6. The Hall–Kier alpha value is -4.68. The van der Waals surface area contributed by atoms with E-state index in [1.165, 1.54) is 48.5 Å². The lowest BCUT2D eigenvalue weighted by Crippen LogP contribution is -2.17. The minimum absolute atomic E-state index is 0.114. The molecule has 0 fully saturated rings. The average Bonchev–Trinajstić information content (AvgIpc) is 3.35. The third-order valence-corrected chi connectivity index (χ3v) is 5.51. The molecule has 0 saturated heterocycles. The van der Waals surface area contributed by atoms with Crippen LogP contribution in [0.3, 0.4) is 0 Å². The predicted octanol–water partition coefficient (Wildman–Crippen LogP) is 6.93. The highest BCUT2D eigenvalue weighted by Gasteiger charge is 2.32. The third-order valence-electron chi connectivity index (χ3n) is 5.51. The van der Waals surface area contributed by atoms with Crippen molar-refractivity contribution in [1.29, 1.82) is 0 Å². The fourth-order valence-electron chi connectivity index (χ4n) is 3.79. The maximum absolute atomic E-state index is 13.5. The van der Waals surface area contributed by atoms with E-state index in [1.54, 1.807) is 6.92 Å². The zero-order valence-electron chi connectivity index (χ0n) is 20.5. The number of aliphatic carboxylic acids is 1. The molecule has 0 aliphatic carbocycles. The molecule has 0 aliphatic heterocycles. The standard InChI is InChI=1S/C27H20F6N2O5/c1-15-10-19(8-9-23(15)38-14-24(36)37)39-25(17-5-2-6-18(11-17)26(28,29)30)22-13-21(34-35-22)16-4-3-7-20(12-16)40-27(31,32)33/h2-13,25H,14H2,1H3,(H,34,35)(H,36,37). The highest BCUT2D eigenvalue weighted by molar-refractivity contribution is 5.68. The zero-order chi connectivity index (χ0) is 29.1. The largest absolute Gasteiger partial charge is 0.573 e. The third kappa shape index (κ3) is 7.24. The van der Waals surface area contributed by atoms with Gasteiger partial charge >= 0.3 is 18.5 Å². The lowest BCUT2D eigenvalue weighted by Gasteiger charge is -2.20. The molecular weight excluding hydrogens is 546 g/mol. The van der Waals surface area contributed by atoms with Crippen LogP contribution in [0.25, 0.3) is 11.3 Å². The molecule has 13 heteroatoms. The molecule has 0 aliphatic rings. The number of hydrogen-bond acceptors (Lipinski definition) is 5. The molecule has 1 unspecified atom stereocenters. The molecule has 0 radical (unpaired) electrons. The second-order valence-electron chi connectivity index (χ2n) is 8.51. The number of aromatic amines is 1. The van der Waals surface area contributed by atoms with Crippen molar-refractivity contribution >= 4 is 5.97 Å². The lowest BCUT2D eigenvalue weighted by molar-refractivity contribution is -0.274.